The standard InChI is InChI=1S/C14H21NO2/c1-10-8-12-13(17-7-6-16-12)9-11(10)4-5-14(2,3)15/h8-9H,4-7,15H2,1-3H3. The molecule has 0 aromatic heterocycles. The summed E-state index contributed by atoms with van der Waals surface area (Å²) in [7, 11) is 0. The first-order chi connectivity index (χ1) is 7.96. The fourth-order valence-electron chi connectivity index (χ4n) is 1.96. The molecule has 0 amide bonds. The second-order valence-electron chi connectivity index (χ2n) is 5.41. The lowest BCUT2D eigenvalue weighted by Gasteiger charge is -2.22. The number of hydrogen-bond donors (Lipinski definition) is 1. The molecule has 3 heteroatoms. The minimum absolute atomic E-state index is 0.125. The van der Waals surface area contributed by atoms with Crippen molar-refractivity contribution in [3.05, 3.63) is 23.3 Å². The third kappa shape index (κ3) is 3.13. The van der Waals surface area contributed by atoms with Gasteiger partial charge in [-0.05, 0) is 56.9 Å². The van der Waals surface area contributed by atoms with E-state index < -0.39 is 0 Å². The van der Waals surface area contributed by atoms with Crippen LogP contribution in [-0.4, -0.2) is 18.8 Å². The Kier molecular flexibility index (Phi) is 3.29. The van der Waals surface area contributed by atoms with Crippen LogP contribution in [0.3, 0.4) is 0 Å². The maximum Gasteiger partial charge on any atom is 0.161 e. The quantitative estimate of drug-likeness (QED) is 0.875. The summed E-state index contributed by atoms with van der Waals surface area (Å²) >= 11 is 0. The average molecular weight is 235 g/mol. The molecule has 0 unspecified atom stereocenters. The molecule has 1 aliphatic heterocycles. The highest BCUT2D eigenvalue weighted by molar-refractivity contribution is 5.47. The van der Waals surface area contributed by atoms with E-state index in [1.807, 2.05) is 0 Å². The number of fused-ring (bicyclic) bond motifs is 1. The zero-order valence-corrected chi connectivity index (χ0v) is 10.9. The van der Waals surface area contributed by atoms with E-state index in [-0.39, 0.29) is 5.54 Å². The van der Waals surface area contributed by atoms with E-state index in [0.717, 1.165) is 24.3 Å². The summed E-state index contributed by atoms with van der Waals surface area (Å²) in [5.74, 6) is 1.73. The molecular weight excluding hydrogens is 214 g/mol. The molecule has 1 aromatic carbocycles. The fourth-order valence-corrected chi connectivity index (χ4v) is 1.96. The summed E-state index contributed by atoms with van der Waals surface area (Å²) in [4.78, 5) is 0. The Balaban J connectivity index is 2.17. The largest absolute Gasteiger partial charge is 0.486 e. The van der Waals surface area contributed by atoms with Crippen LogP contribution < -0.4 is 15.2 Å². The maximum atomic E-state index is 6.02. The Morgan fingerprint density at radius 1 is 1.18 bits per heavy atom. The number of hydrogen-bond acceptors (Lipinski definition) is 3. The van der Waals surface area contributed by atoms with E-state index in [4.69, 9.17) is 15.2 Å². The van der Waals surface area contributed by atoms with Gasteiger partial charge in [0.05, 0.1) is 0 Å². The van der Waals surface area contributed by atoms with Gasteiger partial charge in [0.2, 0.25) is 0 Å². The zero-order valence-electron chi connectivity index (χ0n) is 10.9. The van der Waals surface area contributed by atoms with Gasteiger partial charge in [0.25, 0.3) is 0 Å². The lowest BCUT2D eigenvalue weighted by Crippen LogP contribution is -2.32. The van der Waals surface area contributed by atoms with Crippen molar-refractivity contribution >= 4 is 0 Å². The number of benzene rings is 1. The van der Waals surface area contributed by atoms with Gasteiger partial charge in [-0.1, -0.05) is 0 Å². The molecule has 0 aliphatic carbocycles. The molecule has 0 radical (unpaired) electrons. The first kappa shape index (κ1) is 12.2. The Bertz CT molecular complexity index is 407. The van der Waals surface area contributed by atoms with Crippen LogP contribution >= 0.6 is 0 Å². The summed E-state index contributed by atoms with van der Waals surface area (Å²) in [5, 5.41) is 0. The van der Waals surface area contributed by atoms with Crippen molar-refractivity contribution in [3.8, 4) is 11.5 Å². The van der Waals surface area contributed by atoms with Gasteiger partial charge in [0.15, 0.2) is 11.5 Å². The summed E-state index contributed by atoms with van der Waals surface area (Å²) < 4.78 is 11.1. The van der Waals surface area contributed by atoms with Crippen molar-refractivity contribution in [1.29, 1.82) is 0 Å². The molecule has 0 saturated carbocycles. The Labute approximate surface area is 103 Å². The molecule has 94 valence electrons. The molecule has 17 heavy (non-hydrogen) atoms. The normalized spacial score (nSPS) is 14.8. The van der Waals surface area contributed by atoms with E-state index in [2.05, 4.69) is 32.9 Å². The van der Waals surface area contributed by atoms with Crippen LogP contribution in [0.5, 0.6) is 11.5 Å². The van der Waals surface area contributed by atoms with Crippen LogP contribution in [0.25, 0.3) is 0 Å². The molecule has 0 saturated heterocycles. The first-order valence-electron chi connectivity index (χ1n) is 6.14. The van der Waals surface area contributed by atoms with E-state index in [9.17, 15) is 0 Å². The van der Waals surface area contributed by atoms with Gasteiger partial charge in [0, 0.05) is 5.54 Å². The smallest absolute Gasteiger partial charge is 0.161 e. The predicted octanol–water partition coefficient (Wildman–Crippen LogP) is 2.44. The Hall–Kier alpha value is -1.22. The third-order valence-corrected chi connectivity index (χ3v) is 3.04. The van der Waals surface area contributed by atoms with Gasteiger partial charge in [0.1, 0.15) is 13.2 Å². The van der Waals surface area contributed by atoms with Crippen molar-refractivity contribution in [2.75, 3.05) is 13.2 Å². The van der Waals surface area contributed by atoms with E-state index >= 15 is 0 Å². The van der Waals surface area contributed by atoms with Crippen LogP contribution in [0.2, 0.25) is 0 Å². The van der Waals surface area contributed by atoms with Gasteiger partial charge in [-0.15, -0.1) is 0 Å². The summed E-state index contributed by atoms with van der Waals surface area (Å²) in [6, 6.07) is 4.16. The van der Waals surface area contributed by atoms with Crippen LogP contribution in [-0.2, 0) is 6.42 Å². The van der Waals surface area contributed by atoms with E-state index in [0.29, 0.717) is 13.2 Å². The van der Waals surface area contributed by atoms with Crippen LogP contribution in [0.15, 0.2) is 12.1 Å². The SMILES string of the molecule is Cc1cc2c(cc1CCC(C)(C)N)OCCO2. The number of ether oxygens (including phenoxy) is 2. The zero-order chi connectivity index (χ0) is 12.5. The number of nitrogens with two attached hydrogens (primary N) is 1. The Morgan fingerprint density at radius 3 is 2.35 bits per heavy atom. The molecule has 0 spiro atoms. The molecule has 1 aliphatic rings. The van der Waals surface area contributed by atoms with Gasteiger partial charge in [-0.2, -0.15) is 0 Å². The summed E-state index contributed by atoms with van der Waals surface area (Å²) in [6.45, 7) is 7.50. The second kappa shape index (κ2) is 4.57. The molecule has 0 atom stereocenters. The monoisotopic (exact) mass is 235 g/mol. The molecule has 0 bridgehead atoms. The molecule has 2 rings (SSSR count). The lowest BCUT2D eigenvalue weighted by molar-refractivity contribution is 0.171. The van der Waals surface area contributed by atoms with E-state index in [1.165, 1.54) is 11.1 Å². The van der Waals surface area contributed by atoms with Crippen molar-refractivity contribution in [2.45, 2.75) is 39.2 Å². The average Bonchev–Trinajstić information content (AvgIpc) is 2.25. The molecular formula is C14H21NO2. The van der Waals surface area contributed by atoms with Crippen LogP contribution in [0.1, 0.15) is 31.4 Å². The van der Waals surface area contributed by atoms with Gasteiger partial charge in [-0.3, -0.25) is 0 Å². The predicted molar refractivity (Wildman–Crippen MR) is 68.8 cm³/mol. The summed E-state index contributed by atoms with van der Waals surface area (Å²) in [6.07, 6.45) is 1.94. The molecule has 1 heterocycles. The van der Waals surface area contributed by atoms with Gasteiger partial charge in [-0.25, -0.2) is 0 Å². The van der Waals surface area contributed by atoms with Crippen LogP contribution in [0, 0.1) is 6.92 Å². The highest BCUT2D eigenvalue weighted by atomic mass is 16.6. The lowest BCUT2D eigenvalue weighted by atomic mass is 9.94. The van der Waals surface area contributed by atoms with Crippen molar-refractivity contribution < 1.29 is 9.47 Å². The number of aryl methyl sites for hydroxylation is 2. The summed E-state index contributed by atoms with van der Waals surface area (Å²) in [5.41, 5.74) is 8.44. The fraction of sp³-hybridized carbons (Fsp3) is 0.571. The number of rotatable bonds is 3. The minimum atomic E-state index is -0.125. The topological polar surface area (TPSA) is 44.5 Å². The second-order valence-corrected chi connectivity index (χ2v) is 5.41. The third-order valence-electron chi connectivity index (χ3n) is 3.04. The van der Waals surface area contributed by atoms with E-state index in [1.54, 1.807) is 0 Å². The first-order valence-corrected chi connectivity index (χ1v) is 6.14. The van der Waals surface area contributed by atoms with Crippen molar-refractivity contribution in [2.24, 2.45) is 5.73 Å². The highest BCUT2D eigenvalue weighted by Crippen LogP contribution is 2.33. The van der Waals surface area contributed by atoms with Crippen molar-refractivity contribution in [1.82, 2.24) is 0 Å². The molecule has 0 fully saturated rings. The van der Waals surface area contributed by atoms with Crippen LogP contribution in [0.4, 0.5) is 0 Å². The minimum Gasteiger partial charge on any atom is -0.486 e. The van der Waals surface area contributed by atoms with Gasteiger partial charge >= 0.3 is 0 Å². The highest BCUT2D eigenvalue weighted by Gasteiger charge is 2.16. The van der Waals surface area contributed by atoms with Gasteiger partial charge < -0.3 is 15.2 Å². The maximum absolute atomic E-state index is 6.02. The van der Waals surface area contributed by atoms with Crippen molar-refractivity contribution in [3.63, 3.8) is 0 Å². The molecule has 3 nitrogen and oxygen atoms in total. The molecule has 1 aromatic rings. The Morgan fingerprint density at radius 2 is 1.76 bits per heavy atom. The molecule has 2 N–H and O–H groups in total.